The van der Waals surface area contributed by atoms with Crippen molar-refractivity contribution in [2.24, 2.45) is 17.8 Å². The summed E-state index contributed by atoms with van der Waals surface area (Å²) in [5.41, 5.74) is -0.0391. The standard InChI is InChI=1S/C25H31F3N2O5/c1-14(2)21(24(32)33)30-22(31)17-7-4-6-16(10-17)12-34-13-20-15(3)35-23(29-20)18-8-5-9-19(11-18)25(26,27)28/h5,8-9,11,14,16-17,21H,4,6-7,10,12-13H2,1-3H3,(H,30,31)(H,32,33)/t16?,17?,21-/m0/s1. The molecule has 10 heteroatoms. The Balaban J connectivity index is 1.55. The molecule has 1 aliphatic rings. The van der Waals surface area contributed by atoms with Gasteiger partial charge in [0.05, 0.1) is 12.2 Å². The van der Waals surface area contributed by atoms with Gasteiger partial charge in [-0.25, -0.2) is 9.78 Å². The summed E-state index contributed by atoms with van der Waals surface area (Å²) in [4.78, 5) is 28.3. The molecule has 2 N–H and O–H groups in total. The molecule has 0 saturated heterocycles. The van der Waals surface area contributed by atoms with Crippen LogP contribution in [0.4, 0.5) is 13.2 Å². The van der Waals surface area contributed by atoms with Gasteiger partial charge in [-0.1, -0.05) is 26.3 Å². The van der Waals surface area contributed by atoms with E-state index in [1.165, 1.54) is 12.1 Å². The van der Waals surface area contributed by atoms with Crippen LogP contribution in [0.2, 0.25) is 0 Å². The molecule has 0 aliphatic heterocycles. The van der Waals surface area contributed by atoms with Crippen LogP contribution in [0.25, 0.3) is 11.5 Å². The van der Waals surface area contributed by atoms with Crippen LogP contribution in [0.1, 0.15) is 56.5 Å². The molecular weight excluding hydrogens is 465 g/mol. The molecule has 2 unspecified atom stereocenters. The number of halogens is 3. The predicted octanol–water partition coefficient (Wildman–Crippen LogP) is 5.22. The van der Waals surface area contributed by atoms with Crippen molar-refractivity contribution in [3.8, 4) is 11.5 Å². The van der Waals surface area contributed by atoms with Gasteiger partial charge in [-0.2, -0.15) is 13.2 Å². The second kappa shape index (κ2) is 11.2. The van der Waals surface area contributed by atoms with Crippen molar-refractivity contribution in [3.05, 3.63) is 41.3 Å². The molecular formula is C25H31F3N2O5. The molecule has 192 valence electrons. The largest absolute Gasteiger partial charge is 0.480 e. The van der Waals surface area contributed by atoms with Gasteiger partial charge in [0.2, 0.25) is 11.8 Å². The Morgan fingerprint density at radius 3 is 2.69 bits per heavy atom. The second-order valence-electron chi connectivity index (χ2n) is 9.41. The first kappa shape index (κ1) is 26.7. The Morgan fingerprint density at radius 1 is 1.29 bits per heavy atom. The number of ether oxygens (including phenoxy) is 1. The van der Waals surface area contributed by atoms with E-state index >= 15 is 0 Å². The normalized spacial score (nSPS) is 19.5. The lowest BCUT2D eigenvalue weighted by atomic mass is 9.81. The number of carboxylic acid groups (broad SMARTS) is 1. The zero-order valence-electron chi connectivity index (χ0n) is 20.0. The van der Waals surface area contributed by atoms with Gasteiger partial charge < -0.3 is 19.6 Å². The number of nitrogens with zero attached hydrogens (tertiary/aromatic N) is 1. The minimum Gasteiger partial charge on any atom is -0.480 e. The second-order valence-corrected chi connectivity index (χ2v) is 9.41. The van der Waals surface area contributed by atoms with E-state index in [1.54, 1.807) is 20.8 Å². The highest BCUT2D eigenvalue weighted by Crippen LogP contribution is 2.33. The van der Waals surface area contributed by atoms with Gasteiger partial charge in [0, 0.05) is 18.1 Å². The zero-order valence-corrected chi connectivity index (χ0v) is 20.0. The number of amides is 1. The lowest BCUT2D eigenvalue weighted by molar-refractivity contribution is -0.144. The maximum atomic E-state index is 13.0. The fourth-order valence-corrected chi connectivity index (χ4v) is 4.30. The quantitative estimate of drug-likeness (QED) is 0.494. The number of aryl methyl sites for hydroxylation is 1. The third kappa shape index (κ3) is 7.06. The lowest BCUT2D eigenvalue weighted by Gasteiger charge is -2.29. The number of aromatic nitrogens is 1. The van der Waals surface area contributed by atoms with Gasteiger partial charge in [-0.05, 0) is 56.2 Å². The Kier molecular flexibility index (Phi) is 8.58. The number of alkyl halides is 3. The Morgan fingerprint density at radius 2 is 2.03 bits per heavy atom. The molecule has 0 bridgehead atoms. The minimum atomic E-state index is -4.46. The molecule has 1 heterocycles. The summed E-state index contributed by atoms with van der Waals surface area (Å²) in [6.07, 6.45) is -1.42. The topological polar surface area (TPSA) is 102 Å². The highest BCUT2D eigenvalue weighted by atomic mass is 19.4. The summed E-state index contributed by atoms with van der Waals surface area (Å²) in [5, 5.41) is 12.0. The number of carbonyl (C=O) groups is 2. The summed E-state index contributed by atoms with van der Waals surface area (Å²) in [5.74, 6) is -1.07. The molecule has 3 atom stereocenters. The van der Waals surface area contributed by atoms with Gasteiger partial charge in [0.15, 0.2) is 0 Å². The predicted molar refractivity (Wildman–Crippen MR) is 121 cm³/mol. The smallest absolute Gasteiger partial charge is 0.416 e. The first-order valence-corrected chi connectivity index (χ1v) is 11.7. The average molecular weight is 497 g/mol. The third-order valence-electron chi connectivity index (χ3n) is 6.31. The third-order valence-corrected chi connectivity index (χ3v) is 6.31. The summed E-state index contributed by atoms with van der Waals surface area (Å²) in [6, 6.07) is 3.89. The molecule has 3 rings (SSSR count). The van der Waals surface area contributed by atoms with Crippen molar-refractivity contribution in [2.45, 2.75) is 65.3 Å². The van der Waals surface area contributed by atoms with Crippen molar-refractivity contribution < 1.29 is 37.0 Å². The molecule has 1 saturated carbocycles. The number of hydrogen-bond acceptors (Lipinski definition) is 5. The Bertz CT molecular complexity index is 1030. The van der Waals surface area contributed by atoms with Crippen LogP contribution >= 0.6 is 0 Å². The molecule has 1 amide bonds. The first-order chi connectivity index (χ1) is 16.5. The van der Waals surface area contributed by atoms with E-state index in [1.807, 2.05) is 0 Å². The van der Waals surface area contributed by atoms with E-state index in [4.69, 9.17) is 9.15 Å². The van der Waals surface area contributed by atoms with Gasteiger partial charge in [-0.3, -0.25) is 4.79 Å². The fraction of sp³-hybridized carbons (Fsp3) is 0.560. The van der Waals surface area contributed by atoms with E-state index in [-0.39, 0.29) is 41.7 Å². The molecule has 0 radical (unpaired) electrons. The lowest BCUT2D eigenvalue weighted by Crippen LogP contribution is -2.47. The number of hydrogen-bond donors (Lipinski definition) is 2. The van der Waals surface area contributed by atoms with Crippen LogP contribution in [0, 0.1) is 24.7 Å². The van der Waals surface area contributed by atoms with Gasteiger partial charge >= 0.3 is 12.1 Å². The van der Waals surface area contributed by atoms with Crippen molar-refractivity contribution in [2.75, 3.05) is 6.61 Å². The van der Waals surface area contributed by atoms with Gasteiger partial charge in [0.25, 0.3) is 0 Å². The van der Waals surface area contributed by atoms with Crippen LogP contribution in [0.5, 0.6) is 0 Å². The number of aliphatic carboxylic acids is 1. The first-order valence-electron chi connectivity index (χ1n) is 11.7. The zero-order chi connectivity index (χ0) is 25.8. The van der Waals surface area contributed by atoms with Crippen molar-refractivity contribution in [1.82, 2.24) is 10.3 Å². The van der Waals surface area contributed by atoms with Crippen molar-refractivity contribution >= 4 is 11.9 Å². The SMILES string of the molecule is Cc1oc(-c2cccc(C(F)(F)F)c2)nc1COCC1CCCC(C(=O)N[C@H](C(=O)O)C(C)C)C1. The van der Waals surface area contributed by atoms with Gasteiger partial charge in [-0.15, -0.1) is 0 Å². The summed E-state index contributed by atoms with van der Waals surface area (Å²) in [6.45, 7) is 5.71. The number of oxazole rings is 1. The molecule has 35 heavy (non-hydrogen) atoms. The summed E-state index contributed by atoms with van der Waals surface area (Å²) in [7, 11) is 0. The van der Waals surface area contributed by atoms with E-state index in [2.05, 4.69) is 10.3 Å². The average Bonchev–Trinajstić information content (AvgIpc) is 3.17. The monoisotopic (exact) mass is 496 g/mol. The fourth-order valence-electron chi connectivity index (χ4n) is 4.30. The van der Waals surface area contributed by atoms with Crippen LogP contribution in [0.3, 0.4) is 0 Å². The number of carboxylic acids is 1. The van der Waals surface area contributed by atoms with Crippen LogP contribution in [-0.4, -0.2) is 34.6 Å². The number of rotatable bonds is 9. The van der Waals surface area contributed by atoms with Crippen LogP contribution in [0.15, 0.2) is 28.7 Å². The number of benzene rings is 1. The molecule has 1 aliphatic carbocycles. The van der Waals surface area contributed by atoms with Crippen molar-refractivity contribution in [1.29, 1.82) is 0 Å². The molecule has 1 aromatic carbocycles. The molecule has 1 aromatic heterocycles. The van der Waals surface area contributed by atoms with Crippen LogP contribution < -0.4 is 5.32 Å². The maximum Gasteiger partial charge on any atom is 0.416 e. The van der Waals surface area contributed by atoms with E-state index in [0.29, 0.717) is 30.9 Å². The summed E-state index contributed by atoms with van der Waals surface area (Å²) < 4.78 is 50.4. The number of nitrogens with one attached hydrogen (secondary N) is 1. The Labute approximate surface area is 202 Å². The molecule has 0 spiro atoms. The minimum absolute atomic E-state index is 0.0970. The summed E-state index contributed by atoms with van der Waals surface area (Å²) >= 11 is 0. The molecule has 1 fully saturated rings. The van der Waals surface area contributed by atoms with E-state index in [9.17, 15) is 27.9 Å². The maximum absolute atomic E-state index is 13.0. The molecule has 2 aromatic rings. The van der Waals surface area contributed by atoms with E-state index < -0.39 is 23.8 Å². The highest BCUT2D eigenvalue weighted by Gasteiger charge is 2.32. The molecule has 7 nitrogen and oxygen atoms in total. The highest BCUT2D eigenvalue weighted by molar-refractivity contribution is 5.85. The van der Waals surface area contributed by atoms with Crippen molar-refractivity contribution in [3.63, 3.8) is 0 Å². The van der Waals surface area contributed by atoms with Gasteiger partial charge in [0.1, 0.15) is 17.5 Å². The van der Waals surface area contributed by atoms with E-state index in [0.717, 1.165) is 25.0 Å². The number of carbonyl (C=O) groups excluding carboxylic acids is 1. The van der Waals surface area contributed by atoms with Crippen LogP contribution in [-0.2, 0) is 27.1 Å². The Hall–Kier alpha value is -2.88.